The summed E-state index contributed by atoms with van der Waals surface area (Å²) in [5.74, 6) is 0.432. The van der Waals surface area contributed by atoms with Gasteiger partial charge in [0.25, 0.3) is 5.56 Å². The molecule has 2 aromatic heterocycles. The molecule has 0 bridgehead atoms. The summed E-state index contributed by atoms with van der Waals surface area (Å²) in [7, 11) is 1.71. The van der Waals surface area contributed by atoms with E-state index in [0.717, 1.165) is 12.8 Å². The number of anilines is 1. The molecule has 1 fully saturated rings. The Balaban J connectivity index is 1.88. The van der Waals surface area contributed by atoms with Crippen molar-refractivity contribution >= 4 is 17.0 Å². The minimum atomic E-state index is -0.296. The van der Waals surface area contributed by atoms with E-state index in [4.69, 9.17) is 9.47 Å². The number of ether oxygens (including phenoxy) is 2. The van der Waals surface area contributed by atoms with Crippen molar-refractivity contribution in [3.63, 3.8) is 0 Å². The van der Waals surface area contributed by atoms with E-state index < -0.39 is 0 Å². The second kappa shape index (κ2) is 6.18. The van der Waals surface area contributed by atoms with E-state index in [1.165, 1.54) is 0 Å². The smallest absolute Gasteiger partial charge is 0.263 e. The predicted octanol–water partition coefficient (Wildman–Crippen LogP) is 1.48. The van der Waals surface area contributed by atoms with Crippen molar-refractivity contribution in [3.8, 4) is 0 Å². The molecule has 2 aromatic rings. The molecule has 8 nitrogen and oxygen atoms in total. The van der Waals surface area contributed by atoms with Crippen LogP contribution in [0.5, 0.6) is 0 Å². The van der Waals surface area contributed by atoms with Gasteiger partial charge in [-0.2, -0.15) is 10.1 Å². The Hall–Kier alpha value is -1.93. The molecule has 0 aliphatic carbocycles. The van der Waals surface area contributed by atoms with Crippen LogP contribution in [0.3, 0.4) is 0 Å². The van der Waals surface area contributed by atoms with Crippen LogP contribution in [-0.4, -0.2) is 52.2 Å². The van der Waals surface area contributed by atoms with Gasteiger partial charge in [-0.25, -0.2) is 4.68 Å². The molecule has 0 spiro atoms. The van der Waals surface area contributed by atoms with Gasteiger partial charge in [-0.15, -0.1) is 0 Å². The number of methoxy groups -OCH3 is 1. The molecule has 0 radical (unpaired) electrons. The number of hydrogen-bond donors (Lipinski definition) is 2. The third-order valence-electron chi connectivity index (χ3n) is 4.49. The van der Waals surface area contributed by atoms with Crippen molar-refractivity contribution in [2.75, 3.05) is 32.2 Å². The Labute approximate surface area is 140 Å². The van der Waals surface area contributed by atoms with Crippen molar-refractivity contribution in [2.24, 2.45) is 0 Å². The third kappa shape index (κ3) is 3.16. The molecule has 24 heavy (non-hydrogen) atoms. The molecule has 2 N–H and O–H groups in total. The van der Waals surface area contributed by atoms with Crippen LogP contribution in [0.4, 0.5) is 5.95 Å². The number of hydrogen-bond acceptors (Lipinski definition) is 6. The molecule has 0 saturated carbocycles. The fourth-order valence-corrected chi connectivity index (χ4v) is 2.93. The summed E-state index contributed by atoms with van der Waals surface area (Å²) in [6.45, 7) is 7.99. The SMILES string of the molecule is COC1(CNc2nc3c(cnn3C(C)(C)C)c(=O)[nH]2)CCOCC1. The number of H-pyrrole nitrogens is 1. The van der Waals surface area contributed by atoms with Crippen molar-refractivity contribution in [1.82, 2.24) is 19.7 Å². The monoisotopic (exact) mass is 335 g/mol. The number of aromatic amines is 1. The van der Waals surface area contributed by atoms with Gasteiger partial charge in [-0.1, -0.05) is 0 Å². The lowest BCUT2D eigenvalue weighted by Crippen LogP contribution is -2.44. The van der Waals surface area contributed by atoms with Crippen LogP contribution in [-0.2, 0) is 15.0 Å². The summed E-state index contributed by atoms with van der Waals surface area (Å²) >= 11 is 0. The summed E-state index contributed by atoms with van der Waals surface area (Å²) in [4.78, 5) is 19.6. The van der Waals surface area contributed by atoms with E-state index in [1.54, 1.807) is 18.0 Å². The second-order valence-electron chi connectivity index (χ2n) is 7.23. The van der Waals surface area contributed by atoms with Crippen molar-refractivity contribution in [1.29, 1.82) is 0 Å². The van der Waals surface area contributed by atoms with E-state index in [-0.39, 0.29) is 16.7 Å². The molecule has 8 heteroatoms. The zero-order valence-corrected chi connectivity index (χ0v) is 14.7. The number of aromatic nitrogens is 4. The van der Waals surface area contributed by atoms with Gasteiger partial charge < -0.3 is 14.8 Å². The molecule has 0 unspecified atom stereocenters. The third-order valence-corrected chi connectivity index (χ3v) is 4.49. The first-order valence-corrected chi connectivity index (χ1v) is 8.20. The van der Waals surface area contributed by atoms with Crippen LogP contribution < -0.4 is 10.9 Å². The molecular formula is C16H25N5O3. The van der Waals surface area contributed by atoms with Crippen molar-refractivity contribution < 1.29 is 9.47 Å². The first-order chi connectivity index (χ1) is 11.3. The Bertz CT molecular complexity index is 768. The molecule has 3 rings (SSSR count). The molecule has 0 amide bonds. The summed E-state index contributed by atoms with van der Waals surface area (Å²) in [6.07, 6.45) is 3.18. The minimum absolute atomic E-state index is 0.198. The number of nitrogens with zero attached hydrogens (tertiary/aromatic N) is 3. The largest absolute Gasteiger partial charge is 0.381 e. The van der Waals surface area contributed by atoms with Gasteiger partial charge in [-0.05, 0) is 20.8 Å². The Morgan fingerprint density at radius 1 is 1.42 bits per heavy atom. The molecule has 1 saturated heterocycles. The minimum Gasteiger partial charge on any atom is -0.381 e. The lowest BCUT2D eigenvalue weighted by molar-refractivity contribution is -0.0807. The van der Waals surface area contributed by atoms with Gasteiger partial charge in [0.05, 0.1) is 17.3 Å². The van der Waals surface area contributed by atoms with E-state index >= 15 is 0 Å². The zero-order chi connectivity index (χ0) is 17.4. The van der Waals surface area contributed by atoms with E-state index in [0.29, 0.717) is 36.7 Å². The van der Waals surface area contributed by atoms with E-state index in [2.05, 4.69) is 20.4 Å². The molecular weight excluding hydrogens is 310 g/mol. The lowest BCUT2D eigenvalue weighted by Gasteiger charge is -2.35. The Morgan fingerprint density at radius 2 is 2.12 bits per heavy atom. The van der Waals surface area contributed by atoms with Gasteiger partial charge in [-0.3, -0.25) is 9.78 Å². The average molecular weight is 335 g/mol. The van der Waals surface area contributed by atoms with Crippen LogP contribution >= 0.6 is 0 Å². The summed E-state index contributed by atoms with van der Waals surface area (Å²) in [5, 5.41) is 8.02. The highest BCUT2D eigenvalue weighted by molar-refractivity contribution is 5.74. The van der Waals surface area contributed by atoms with Gasteiger partial charge >= 0.3 is 0 Å². The normalized spacial score (nSPS) is 18.0. The zero-order valence-electron chi connectivity index (χ0n) is 14.7. The van der Waals surface area contributed by atoms with E-state index in [1.807, 2.05) is 20.8 Å². The first kappa shape index (κ1) is 16.9. The van der Waals surface area contributed by atoms with Crippen LogP contribution in [0.1, 0.15) is 33.6 Å². The first-order valence-electron chi connectivity index (χ1n) is 8.20. The fourth-order valence-electron chi connectivity index (χ4n) is 2.93. The number of rotatable bonds is 4. The van der Waals surface area contributed by atoms with Gasteiger partial charge in [0.15, 0.2) is 5.65 Å². The topological polar surface area (TPSA) is 94.1 Å². The van der Waals surface area contributed by atoms with Crippen LogP contribution in [0.25, 0.3) is 11.0 Å². The van der Waals surface area contributed by atoms with Crippen molar-refractivity contribution in [3.05, 3.63) is 16.6 Å². The van der Waals surface area contributed by atoms with Crippen LogP contribution in [0.2, 0.25) is 0 Å². The quantitative estimate of drug-likeness (QED) is 0.879. The van der Waals surface area contributed by atoms with Crippen molar-refractivity contribution in [2.45, 2.75) is 44.8 Å². The molecule has 3 heterocycles. The second-order valence-corrected chi connectivity index (χ2v) is 7.23. The van der Waals surface area contributed by atoms with Gasteiger partial charge in [0, 0.05) is 39.7 Å². The average Bonchev–Trinajstić information content (AvgIpc) is 2.98. The van der Waals surface area contributed by atoms with Gasteiger partial charge in [0.1, 0.15) is 5.39 Å². The highest BCUT2D eigenvalue weighted by Crippen LogP contribution is 2.25. The summed E-state index contributed by atoms with van der Waals surface area (Å²) in [6, 6.07) is 0. The number of fused-ring (bicyclic) bond motifs is 1. The highest BCUT2D eigenvalue weighted by Gasteiger charge is 2.32. The predicted molar refractivity (Wildman–Crippen MR) is 91.4 cm³/mol. The lowest BCUT2D eigenvalue weighted by atomic mass is 9.94. The molecule has 132 valence electrons. The maximum absolute atomic E-state index is 12.3. The fraction of sp³-hybridized carbons (Fsp3) is 0.688. The summed E-state index contributed by atoms with van der Waals surface area (Å²) < 4.78 is 12.9. The Kier molecular flexibility index (Phi) is 4.35. The number of nitrogens with one attached hydrogen (secondary N) is 2. The molecule has 0 atom stereocenters. The standard InChI is InChI=1S/C16H25N5O3/c1-15(2,3)21-12-11(9-18-21)13(22)20-14(19-12)17-10-16(23-4)5-7-24-8-6-16/h9H,5-8,10H2,1-4H3,(H2,17,19,20,22). The molecule has 0 aromatic carbocycles. The maximum atomic E-state index is 12.3. The molecule has 1 aliphatic heterocycles. The maximum Gasteiger partial charge on any atom is 0.263 e. The van der Waals surface area contributed by atoms with E-state index in [9.17, 15) is 4.79 Å². The Morgan fingerprint density at radius 3 is 2.75 bits per heavy atom. The highest BCUT2D eigenvalue weighted by atomic mass is 16.5. The van der Waals surface area contributed by atoms with Crippen LogP contribution in [0, 0.1) is 0 Å². The van der Waals surface area contributed by atoms with Crippen LogP contribution in [0.15, 0.2) is 11.0 Å². The summed E-state index contributed by atoms with van der Waals surface area (Å²) in [5.41, 5.74) is -0.173. The molecule has 1 aliphatic rings. The van der Waals surface area contributed by atoms with Gasteiger partial charge in [0.2, 0.25) is 5.95 Å².